The van der Waals surface area contributed by atoms with Crippen molar-refractivity contribution in [2.75, 3.05) is 6.54 Å². The number of nitrogens with one attached hydrogen (secondary N) is 1. The van der Waals surface area contributed by atoms with Crippen LogP contribution in [0, 0.1) is 5.41 Å². The van der Waals surface area contributed by atoms with E-state index >= 15 is 0 Å². The van der Waals surface area contributed by atoms with Gasteiger partial charge in [-0.2, -0.15) is 13.2 Å². The van der Waals surface area contributed by atoms with Gasteiger partial charge in [0, 0.05) is 18.4 Å². The lowest BCUT2D eigenvalue weighted by Gasteiger charge is -2.27. The number of alkyl halides is 3. The van der Waals surface area contributed by atoms with Crippen molar-refractivity contribution in [1.82, 2.24) is 5.32 Å². The molecule has 0 fully saturated rings. The largest absolute Gasteiger partial charge is 0.416 e. The molecule has 0 unspecified atom stereocenters. The number of amides is 1. The predicted octanol–water partition coefficient (Wildman–Crippen LogP) is 4.54. The molecule has 0 aromatic heterocycles. The summed E-state index contributed by atoms with van der Waals surface area (Å²) in [6, 6.07) is 5.26. The molecule has 1 rings (SSSR count). The number of rotatable bonds is 4. The lowest BCUT2D eigenvalue weighted by molar-refractivity contribution is -0.137. The minimum absolute atomic E-state index is 0.0902. The Kier molecular flexibility index (Phi) is 5.31. The maximum Gasteiger partial charge on any atom is 0.416 e. The third-order valence-electron chi connectivity index (χ3n) is 3.39. The van der Waals surface area contributed by atoms with Gasteiger partial charge in [0.25, 0.3) is 0 Å². The zero-order valence-electron chi connectivity index (χ0n) is 13.8. The van der Waals surface area contributed by atoms with Crippen LogP contribution >= 0.6 is 0 Å². The van der Waals surface area contributed by atoms with Crippen LogP contribution in [0.25, 0.3) is 0 Å². The first-order valence-corrected chi connectivity index (χ1v) is 7.26. The fraction of sp³-hybridized carbons (Fsp3) is 0.588. The van der Waals surface area contributed by atoms with Gasteiger partial charge in [-0.15, -0.1) is 0 Å². The molecule has 124 valence electrons. The fourth-order valence-corrected chi connectivity index (χ4v) is 2.08. The van der Waals surface area contributed by atoms with Gasteiger partial charge in [-0.3, -0.25) is 4.79 Å². The van der Waals surface area contributed by atoms with Crippen molar-refractivity contribution in [3.63, 3.8) is 0 Å². The topological polar surface area (TPSA) is 29.1 Å². The van der Waals surface area contributed by atoms with E-state index in [1.807, 2.05) is 34.6 Å². The average Bonchev–Trinajstić information content (AvgIpc) is 2.34. The van der Waals surface area contributed by atoms with Crippen LogP contribution in [0.15, 0.2) is 24.3 Å². The standard InChI is InChI=1S/C17H24F3NO/c1-15(2,3)10-14(22)21-11-16(4,5)12-7-6-8-13(9-12)17(18,19)20/h6-9H,10-11H2,1-5H3,(H,21,22). The van der Waals surface area contributed by atoms with E-state index in [-0.39, 0.29) is 11.3 Å². The van der Waals surface area contributed by atoms with E-state index in [2.05, 4.69) is 5.32 Å². The van der Waals surface area contributed by atoms with E-state index in [0.29, 0.717) is 18.5 Å². The molecular formula is C17H24F3NO. The summed E-state index contributed by atoms with van der Waals surface area (Å²) in [5.74, 6) is -0.0902. The SMILES string of the molecule is CC(C)(C)CC(=O)NCC(C)(C)c1cccc(C(F)(F)F)c1. The molecule has 0 saturated heterocycles. The van der Waals surface area contributed by atoms with E-state index in [4.69, 9.17) is 0 Å². The Hall–Kier alpha value is -1.52. The van der Waals surface area contributed by atoms with Crippen LogP contribution in [0.5, 0.6) is 0 Å². The van der Waals surface area contributed by atoms with Gasteiger partial charge in [0.05, 0.1) is 5.56 Å². The molecule has 1 amide bonds. The second kappa shape index (κ2) is 6.31. The third-order valence-corrected chi connectivity index (χ3v) is 3.39. The molecule has 0 atom stereocenters. The first kappa shape index (κ1) is 18.5. The van der Waals surface area contributed by atoms with E-state index in [9.17, 15) is 18.0 Å². The Labute approximate surface area is 130 Å². The molecule has 0 aliphatic carbocycles. The number of hydrogen-bond donors (Lipinski definition) is 1. The van der Waals surface area contributed by atoms with Crippen molar-refractivity contribution >= 4 is 5.91 Å². The number of benzene rings is 1. The summed E-state index contributed by atoms with van der Waals surface area (Å²) < 4.78 is 38.4. The van der Waals surface area contributed by atoms with Crippen molar-refractivity contribution in [1.29, 1.82) is 0 Å². The van der Waals surface area contributed by atoms with Crippen molar-refractivity contribution in [2.24, 2.45) is 5.41 Å². The molecule has 0 saturated carbocycles. The van der Waals surface area contributed by atoms with Crippen LogP contribution in [-0.2, 0) is 16.4 Å². The Morgan fingerprint density at radius 3 is 2.09 bits per heavy atom. The zero-order valence-corrected chi connectivity index (χ0v) is 13.8. The summed E-state index contributed by atoms with van der Waals surface area (Å²) in [4.78, 5) is 11.9. The van der Waals surface area contributed by atoms with Crippen LogP contribution in [-0.4, -0.2) is 12.5 Å². The molecule has 0 bridgehead atoms. The highest BCUT2D eigenvalue weighted by atomic mass is 19.4. The van der Waals surface area contributed by atoms with Gasteiger partial charge in [-0.25, -0.2) is 0 Å². The van der Waals surface area contributed by atoms with E-state index < -0.39 is 17.2 Å². The monoisotopic (exact) mass is 315 g/mol. The highest BCUT2D eigenvalue weighted by Crippen LogP contribution is 2.32. The van der Waals surface area contributed by atoms with Gasteiger partial charge < -0.3 is 5.32 Å². The highest BCUT2D eigenvalue weighted by molar-refractivity contribution is 5.76. The highest BCUT2D eigenvalue weighted by Gasteiger charge is 2.32. The zero-order chi connectivity index (χ0) is 17.2. The third kappa shape index (κ3) is 5.70. The van der Waals surface area contributed by atoms with Crippen LogP contribution in [0.2, 0.25) is 0 Å². The second-order valence-electron chi connectivity index (χ2n) is 7.48. The normalized spacial score (nSPS) is 13.1. The van der Waals surface area contributed by atoms with Gasteiger partial charge >= 0.3 is 6.18 Å². The van der Waals surface area contributed by atoms with Gasteiger partial charge in [0.15, 0.2) is 0 Å². The Balaban J connectivity index is 2.80. The summed E-state index contributed by atoms with van der Waals surface area (Å²) in [5.41, 5.74) is -0.809. The van der Waals surface area contributed by atoms with Gasteiger partial charge in [0.1, 0.15) is 0 Å². The number of halogens is 3. The molecule has 1 N–H and O–H groups in total. The van der Waals surface area contributed by atoms with Crippen LogP contribution in [0.4, 0.5) is 13.2 Å². The smallest absolute Gasteiger partial charge is 0.355 e. The Bertz CT molecular complexity index is 527. The number of carbonyl (C=O) groups is 1. The van der Waals surface area contributed by atoms with Crippen LogP contribution < -0.4 is 5.32 Å². The lowest BCUT2D eigenvalue weighted by Crippen LogP contribution is -2.38. The van der Waals surface area contributed by atoms with Crippen molar-refractivity contribution in [3.05, 3.63) is 35.4 Å². The molecule has 0 radical (unpaired) electrons. The maximum absolute atomic E-state index is 12.8. The summed E-state index contributed by atoms with van der Waals surface area (Å²) in [6.45, 7) is 9.82. The minimum atomic E-state index is -4.36. The maximum atomic E-state index is 12.8. The molecule has 0 aliphatic rings. The molecule has 0 heterocycles. The quantitative estimate of drug-likeness (QED) is 0.868. The van der Waals surface area contributed by atoms with Crippen molar-refractivity contribution in [3.8, 4) is 0 Å². The van der Waals surface area contributed by atoms with Gasteiger partial charge in [-0.1, -0.05) is 52.8 Å². The number of hydrogen-bond acceptors (Lipinski definition) is 1. The van der Waals surface area contributed by atoms with Crippen LogP contribution in [0.1, 0.15) is 52.2 Å². The molecule has 0 spiro atoms. The van der Waals surface area contributed by atoms with Crippen LogP contribution in [0.3, 0.4) is 0 Å². The van der Waals surface area contributed by atoms with E-state index in [1.165, 1.54) is 6.07 Å². The Morgan fingerprint density at radius 1 is 1.05 bits per heavy atom. The second-order valence-corrected chi connectivity index (χ2v) is 7.48. The summed E-state index contributed by atoms with van der Waals surface area (Å²) in [5, 5.41) is 2.82. The van der Waals surface area contributed by atoms with E-state index in [1.54, 1.807) is 6.07 Å². The lowest BCUT2D eigenvalue weighted by atomic mass is 9.83. The molecule has 1 aromatic carbocycles. The molecule has 22 heavy (non-hydrogen) atoms. The Morgan fingerprint density at radius 2 is 1.59 bits per heavy atom. The van der Waals surface area contributed by atoms with E-state index in [0.717, 1.165) is 12.1 Å². The summed E-state index contributed by atoms with van der Waals surface area (Å²) >= 11 is 0. The molecule has 5 heteroatoms. The van der Waals surface area contributed by atoms with Gasteiger partial charge in [-0.05, 0) is 17.0 Å². The average molecular weight is 315 g/mol. The minimum Gasteiger partial charge on any atom is -0.355 e. The first-order valence-electron chi connectivity index (χ1n) is 7.26. The summed E-state index contributed by atoms with van der Waals surface area (Å²) in [7, 11) is 0. The van der Waals surface area contributed by atoms with Crippen molar-refractivity contribution < 1.29 is 18.0 Å². The predicted molar refractivity (Wildman–Crippen MR) is 81.6 cm³/mol. The molecule has 0 aliphatic heterocycles. The first-order chi connectivity index (χ1) is 9.81. The summed E-state index contributed by atoms with van der Waals surface area (Å²) in [6.07, 6.45) is -3.98. The van der Waals surface area contributed by atoms with Gasteiger partial charge in [0.2, 0.25) is 5.91 Å². The molecule has 2 nitrogen and oxygen atoms in total. The molecular weight excluding hydrogens is 291 g/mol. The fourth-order valence-electron chi connectivity index (χ4n) is 2.08. The molecule has 1 aromatic rings. The van der Waals surface area contributed by atoms with Crippen molar-refractivity contribution in [2.45, 2.75) is 52.6 Å². The number of carbonyl (C=O) groups excluding carboxylic acids is 1.